The zero-order valence-electron chi connectivity index (χ0n) is 14.3. The minimum absolute atomic E-state index is 0. The van der Waals surface area contributed by atoms with Gasteiger partial charge >= 0.3 is 0 Å². The molecular formula is C18H25ClIN3O2. The Labute approximate surface area is 171 Å². The van der Waals surface area contributed by atoms with Gasteiger partial charge in [0.1, 0.15) is 12.4 Å². The smallest absolute Gasteiger partial charge is 0.190 e. The second-order valence-corrected chi connectivity index (χ2v) is 5.73. The van der Waals surface area contributed by atoms with E-state index >= 15 is 0 Å². The van der Waals surface area contributed by atoms with Gasteiger partial charge in [-0.05, 0) is 42.7 Å². The summed E-state index contributed by atoms with van der Waals surface area (Å²) >= 11 is 5.98. The minimum atomic E-state index is 0. The fourth-order valence-electron chi connectivity index (χ4n) is 2.19. The lowest BCUT2D eigenvalue weighted by Crippen LogP contribution is -2.39. The van der Waals surface area contributed by atoms with Gasteiger partial charge in [-0.2, -0.15) is 0 Å². The molecule has 5 nitrogen and oxygen atoms in total. The predicted molar refractivity (Wildman–Crippen MR) is 113 cm³/mol. The monoisotopic (exact) mass is 477 g/mol. The summed E-state index contributed by atoms with van der Waals surface area (Å²) in [6.45, 7) is 2.79. The molecule has 0 spiro atoms. The number of nitrogens with one attached hydrogen (secondary N) is 2. The lowest BCUT2D eigenvalue weighted by Gasteiger charge is -2.12. The third kappa shape index (κ3) is 9.13. The zero-order chi connectivity index (χ0) is 17.0. The second kappa shape index (κ2) is 13.0. The summed E-state index contributed by atoms with van der Waals surface area (Å²) in [7, 11) is 1.77. The van der Waals surface area contributed by atoms with Crippen LogP contribution in [0.1, 0.15) is 17.7 Å². The van der Waals surface area contributed by atoms with Gasteiger partial charge in [-0.1, -0.05) is 23.7 Å². The Kier molecular flexibility index (Phi) is 11.3. The average molecular weight is 478 g/mol. The van der Waals surface area contributed by atoms with Crippen molar-refractivity contribution in [2.75, 3.05) is 26.7 Å². The molecule has 0 bridgehead atoms. The van der Waals surface area contributed by atoms with Crippen molar-refractivity contribution in [3.05, 3.63) is 59.0 Å². The lowest BCUT2D eigenvalue weighted by molar-refractivity contribution is 0.105. The Balaban J connectivity index is 0.00000312. The quantitative estimate of drug-likeness (QED) is 0.249. The van der Waals surface area contributed by atoms with E-state index in [1.165, 1.54) is 5.56 Å². The van der Waals surface area contributed by atoms with Crippen LogP contribution in [0.25, 0.3) is 0 Å². The Hall–Kier alpha value is -1.25. The molecule has 1 aromatic heterocycles. The molecule has 0 atom stereocenters. The van der Waals surface area contributed by atoms with Gasteiger partial charge in [0.2, 0.25) is 0 Å². The third-order valence-corrected chi connectivity index (χ3v) is 3.64. The zero-order valence-corrected chi connectivity index (χ0v) is 17.4. The number of guanidine groups is 1. The first-order valence-electron chi connectivity index (χ1n) is 8.07. The highest BCUT2D eigenvalue weighted by molar-refractivity contribution is 14.0. The fourth-order valence-corrected chi connectivity index (χ4v) is 2.40. The maximum Gasteiger partial charge on any atom is 0.190 e. The molecule has 2 N–H and O–H groups in total. The number of hydrogen-bond acceptors (Lipinski definition) is 3. The van der Waals surface area contributed by atoms with E-state index in [0.29, 0.717) is 13.2 Å². The summed E-state index contributed by atoms with van der Waals surface area (Å²) in [5.74, 6) is 1.64. The van der Waals surface area contributed by atoms with Crippen LogP contribution in [-0.2, 0) is 17.8 Å². The van der Waals surface area contributed by atoms with Crippen molar-refractivity contribution in [2.45, 2.75) is 19.4 Å². The molecule has 7 heteroatoms. The van der Waals surface area contributed by atoms with E-state index in [4.69, 9.17) is 20.8 Å². The van der Waals surface area contributed by atoms with E-state index in [1.54, 1.807) is 13.3 Å². The molecule has 0 radical (unpaired) electrons. The molecule has 0 saturated carbocycles. The Morgan fingerprint density at radius 3 is 2.76 bits per heavy atom. The van der Waals surface area contributed by atoms with E-state index in [9.17, 15) is 0 Å². The van der Waals surface area contributed by atoms with E-state index < -0.39 is 0 Å². The number of rotatable bonds is 9. The molecule has 0 unspecified atom stereocenters. The van der Waals surface area contributed by atoms with Crippen LogP contribution in [0.3, 0.4) is 0 Å². The van der Waals surface area contributed by atoms with Crippen molar-refractivity contribution in [3.8, 4) is 0 Å². The molecule has 1 aromatic carbocycles. The molecule has 0 aliphatic heterocycles. The number of benzene rings is 1. The normalized spacial score (nSPS) is 11.0. The maximum atomic E-state index is 5.98. The first-order chi connectivity index (χ1) is 11.8. The number of nitrogens with zero attached hydrogens (tertiary/aromatic N) is 1. The topological polar surface area (TPSA) is 58.8 Å². The molecule has 0 amide bonds. The van der Waals surface area contributed by atoms with Gasteiger partial charge in [-0.15, -0.1) is 24.0 Å². The van der Waals surface area contributed by atoms with Gasteiger partial charge in [0.25, 0.3) is 0 Å². The first-order valence-corrected chi connectivity index (χ1v) is 8.45. The van der Waals surface area contributed by atoms with Gasteiger partial charge in [-0.3, -0.25) is 4.99 Å². The molecule has 0 aliphatic rings. The van der Waals surface area contributed by atoms with Crippen molar-refractivity contribution in [2.24, 2.45) is 4.99 Å². The maximum absolute atomic E-state index is 5.98. The molecule has 138 valence electrons. The highest BCUT2D eigenvalue weighted by atomic mass is 127. The first kappa shape index (κ1) is 21.8. The van der Waals surface area contributed by atoms with Crippen molar-refractivity contribution in [1.82, 2.24) is 10.6 Å². The SMILES string of the molecule is CN=C(NCCCOCc1ccco1)NCCc1cccc(Cl)c1.I. The van der Waals surface area contributed by atoms with Crippen LogP contribution in [0, 0.1) is 0 Å². The Bertz CT molecular complexity index is 621. The highest BCUT2D eigenvalue weighted by Gasteiger charge is 1.99. The van der Waals surface area contributed by atoms with Crippen LogP contribution in [0.5, 0.6) is 0 Å². The van der Waals surface area contributed by atoms with Crippen LogP contribution >= 0.6 is 35.6 Å². The summed E-state index contributed by atoms with van der Waals surface area (Å²) in [6.07, 6.45) is 3.45. The van der Waals surface area contributed by atoms with E-state index in [2.05, 4.69) is 21.7 Å². The average Bonchev–Trinajstić information content (AvgIpc) is 3.09. The van der Waals surface area contributed by atoms with Gasteiger partial charge in [-0.25, -0.2) is 0 Å². The largest absolute Gasteiger partial charge is 0.467 e. The summed E-state index contributed by atoms with van der Waals surface area (Å²) in [5, 5.41) is 7.33. The summed E-state index contributed by atoms with van der Waals surface area (Å²) in [6, 6.07) is 11.7. The molecule has 0 saturated heterocycles. The van der Waals surface area contributed by atoms with Crippen LogP contribution < -0.4 is 10.6 Å². The Morgan fingerprint density at radius 1 is 1.20 bits per heavy atom. The molecule has 2 aromatic rings. The number of halogens is 2. The predicted octanol–water partition coefficient (Wildman–Crippen LogP) is 3.87. The number of furan rings is 1. The summed E-state index contributed by atoms with van der Waals surface area (Å²) in [5.41, 5.74) is 1.21. The lowest BCUT2D eigenvalue weighted by atomic mass is 10.1. The number of ether oxygens (including phenoxy) is 1. The molecule has 1 heterocycles. The molecule has 0 aliphatic carbocycles. The van der Waals surface area contributed by atoms with Crippen LogP contribution in [0.15, 0.2) is 52.1 Å². The minimum Gasteiger partial charge on any atom is -0.467 e. The van der Waals surface area contributed by atoms with Crippen LogP contribution in [0.4, 0.5) is 0 Å². The molecule has 2 rings (SSSR count). The molecular weight excluding hydrogens is 453 g/mol. The van der Waals surface area contributed by atoms with E-state index in [-0.39, 0.29) is 24.0 Å². The molecule has 0 fully saturated rings. The highest BCUT2D eigenvalue weighted by Crippen LogP contribution is 2.10. The van der Waals surface area contributed by atoms with Gasteiger partial charge in [0.15, 0.2) is 5.96 Å². The van der Waals surface area contributed by atoms with Crippen molar-refractivity contribution < 1.29 is 9.15 Å². The molecule has 25 heavy (non-hydrogen) atoms. The van der Waals surface area contributed by atoms with Crippen molar-refractivity contribution >= 4 is 41.5 Å². The van der Waals surface area contributed by atoms with Gasteiger partial charge in [0.05, 0.1) is 6.26 Å². The van der Waals surface area contributed by atoms with Crippen molar-refractivity contribution in [3.63, 3.8) is 0 Å². The summed E-state index contributed by atoms with van der Waals surface area (Å²) < 4.78 is 10.7. The standard InChI is InChI=1S/C18H24ClN3O2.HI/c1-20-18(22-10-8-15-5-2-6-16(19)13-15)21-9-4-11-23-14-17-7-3-12-24-17;/h2-3,5-7,12-13H,4,8-11,14H2,1H3,(H2,20,21,22);1H. The number of aliphatic imine (C=N–C) groups is 1. The van der Waals surface area contributed by atoms with Crippen LogP contribution in [-0.4, -0.2) is 32.7 Å². The Morgan fingerprint density at radius 2 is 2.04 bits per heavy atom. The number of hydrogen-bond donors (Lipinski definition) is 2. The van der Waals surface area contributed by atoms with Crippen LogP contribution in [0.2, 0.25) is 5.02 Å². The summed E-state index contributed by atoms with van der Waals surface area (Å²) in [4.78, 5) is 4.21. The van der Waals surface area contributed by atoms with Gasteiger partial charge < -0.3 is 19.8 Å². The van der Waals surface area contributed by atoms with Crippen molar-refractivity contribution in [1.29, 1.82) is 0 Å². The third-order valence-electron chi connectivity index (χ3n) is 3.40. The fraction of sp³-hybridized carbons (Fsp3) is 0.389. The second-order valence-electron chi connectivity index (χ2n) is 5.29. The van der Waals surface area contributed by atoms with Gasteiger partial charge in [0, 0.05) is 31.8 Å². The van der Waals surface area contributed by atoms with E-state index in [0.717, 1.165) is 42.7 Å². The van der Waals surface area contributed by atoms with E-state index in [1.807, 2.05) is 30.3 Å².